The van der Waals surface area contributed by atoms with E-state index in [4.69, 9.17) is 9.47 Å². The van der Waals surface area contributed by atoms with Crippen molar-refractivity contribution in [3.05, 3.63) is 48.2 Å². The highest BCUT2D eigenvalue weighted by Crippen LogP contribution is 2.34. The summed E-state index contributed by atoms with van der Waals surface area (Å²) >= 11 is 0. The number of H-pyrrole nitrogens is 1. The number of nitrogens with zero attached hydrogens (tertiary/aromatic N) is 5. The summed E-state index contributed by atoms with van der Waals surface area (Å²) in [5.41, 5.74) is 2.49. The monoisotopic (exact) mass is 382 g/mol. The van der Waals surface area contributed by atoms with Gasteiger partial charge in [-0.25, -0.2) is 19.6 Å². The number of aromatic amines is 1. The Kier molecular flexibility index (Phi) is 5.31. The van der Waals surface area contributed by atoms with E-state index < -0.39 is 5.97 Å². The normalized spacial score (nSPS) is 19.3. The number of rotatable bonds is 6. The lowest BCUT2D eigenvalue weighted by Crippen LogP contribution is -2.24. The van der Waals surface area contributed by atoms with Gasteiger partial charge in [0.2, 0.25) is 5.69 Å². The number of carbonyl (C=O) groups excluding carboxylic acids is 1. The first kappa shape index (κ1) is 18.1. The van der Waals surface area contributed by atoms with Crippen LogP contribution in [0.25, 0.3) is 5.69 Å². The first-order valence-corrected chi connectivity index (χ1v) is 9.44. The Morgan fingerprint density at radius 1 is 1.21 bits per heavy atom. The molecule has 9 nitrogen and oxygen atoms in total. The molecular weight excluding hydrogens is 360 g/mol. The number of benzene rings is 1. The zero-order valence-electron chi connectivity index (χ0n) is 15.6. The van der Waals surface area contributed by atoms with E-state index in [1.165, 1.54) is 11.9 Å². The van der Waals surface area contributed by atoms with Gasteiger partial charge < -0.3 is 9.47 Å². The Bertz CT molecular complexity index is 898. The maximum absolute atomic E-state index is 11.9. The third kappa shape index (κ3) is 3.88. The zero-order chi connectivity index (χ0) is 19.3. The average molecular weight is 382 g/mol. The Morgan fingerprint density at radius 3 is 2.68 bits per heavy atom. The van der Waals surface area contributed by atoms with Crippen molar-refractivity contribution in [1.29, 1.82) is 0 Å². The fourth-order valence-electron chi connectivity index (χ4n) is 3.55. The van der Waals surface area contributed by atoms with Crippen molar-refractivity contribution in [1.82, 2.24) is 30.2 Å². The molecule has 2 aromatic heterocycles. The molecule has 4 rings (SSSR count). The Balaban J connectivity index is 1.34. The molecule has 0 aliphatic heterocycles. The Hall–Kier alpha value is -3.23. The van der Waals surface area contributed by atoms with E-state index in [0.29, 0.717) is 5.92 Å². The molecule has 0 bridgehead atoms. The summed E-state index contributed by atoms with van der Waals surface area (Å²) in [7, 11) is 0. The summed E-state index contributed by atoms with van der Waals surface area (Å²) in [4.78, 5) is 15.9. The second-order valence-electron chi connectivity index (χ2n) is 6.74. The highest BCUT2D eigenvalue weighted by atomic mass is 16.5. The first-order chi connectivity index (χ1) is 13.7. The van der Waals surface area contributed by atoms with Crippen LogP contribution in [0.5, 0.6) is 5.88 Å². The summed E-state index contributed by atoms with van der Waals surface area (Å²) in [5, 5.41) is 14.3. The smallest absolute Gasteiger partial charge is 0.362 e. The summed E-state index contributed by atoms with van der Waals surface area (Å²) in [6, 6.07) is 8.43. The molecule has 0 radical (unpaired) electrons. The lowest BCUT2D eigenvalue weighted by atomic mass is 9.82. The van der Waals surface area contributed by atoms with E-state index in [1.54, 1.807) is 17.9 Å². The van der Waals surface area contributed by atoms with E-state index in [-0.39, 0.29) is 24.3 Å². The van der Waals surface area contributed by atoms with E-state index in [1.807, 2.05) is 0 Å². The summed E-state index contributed by atoms with van der Waals surface area (Å²) in [6.07, 6.45) is 7.04. The molecule has 3 aromatic rings. The molecule has 0 spiro atoms. The van der Waals surface area contributed by atoms with Crippen molar-refractivity contribution in [2.45, 2.75) is 44.6 Å². The molecule has 0 atom stereocenters. The molecule has 1 fully saturated rings. The largest absolute Gasteiger partial charge is 0.472 e. The lowest BCUT2D eigenvalue weighted by molar-refractivity contribution is 0.0508. The third-order valence-corrected chi connectivity index (χ3v) is 5.00. The lowest BCUT2D eigenvalue weighted by Gasteiger charge is -2.28. The number of esters is 1. The minimum atomic E-state index is -0.497. The van der Waals surface area contributed by atoms with Crippen LogP contribution in [0.1, 0.15) is 54.6 Å². The van der Waals surface area contributed by atoms with Gasteiger partial charge in [0, 0.05) is 0 Å². The fourth-order valence-corrected chi connectivity index (χ4v) is 3.55. The minimum absolute atomic E-state index is 0.0175. The topological polar surface area (TPSA) is 108 Å². The van der Waals surface area contributed by atoms with Crippen LogP contribution in [0, 0.1) is 0 Å². The van der Waals surface area contributed by atoms with Crippen LogP contribution >= 0.6 is 0 Å². The van der Waals surface area contributed by atoms with Crippen LogP contribution in [0.15, 0.2) is 36.9 Å². The van der Waals surface area contributed by atoms with Gasteiger partial charge in [-0.3, -0.25) is 0 Å². The van der Waals surface area contributed by atoms with Gasteiger partial charge in [0.1, 0.15) is 18.8 Å². The quantitative estimate of drug-likeness (QED) is 0.653. The van der Waals surface area contributed by atoms with Crippen molar-refractivity contribution in [3.63, 3.8) is 0 Å². The SMILES string of the molecule is CCOC(=O)c1[nH]nnc1OC1CCC(c2ccc(-n3cncn3)cc2)CC1. The second-order valence-corrected chi connectivity index (χ2v) is 6.74. The molecule has 28 heavy (non-hydrogen) atoms. The molecule has 9 heteroatoms. The first-order valence-electron chi connectivity index (χ1n) is 9.44. The van der Waals surface area contributed by atoms with Crippen molar-refractivity contribution in [2.24, 2.45) is 0 Å². The van der Waals surface area contributed by atoms with Gasteiger partial charge in [-0.05, 0) is 56.2 Å². The predicted octanol–water partition coefficient (Wildman–Crippen LogP) is 2.67. The average Bonchev–Trinajstić information content (AvgIpc) is 3.41. The van der Waals surface area contributed by atoms with Gasteiger partial charge >= 0.3 is 5.97 Å². The van der Waals surface area contributed by atoms with E-state index in [0.717, 1.165) is 31.4 Å². The molecule has 0 unspecified atom stereocenters. The summed E-state index contributed by atoms with van der Waals surface area (Å²) in [6.45, 7) is 2.04. The maximum atomic E-state index is 11.9. The molecule has 0 amide bonds. The molecule has 146 valence electrons. The molecular formula is C19H22N6O3. The number of carbonyl (C=O) groups is 1. The standard InChI is InChI=1S/C19H22N6O3/c1-2-27-19(26)17-18(23-24-22-17)28-16-9-5-14(6-10-16)13-3-7-15(8-4-13)25-12-20-11-21-25/h3-4,7-8,11-12,14,16H,2,5-6,9-10H2,1H3,(H,22,23,24). The third-order valence-electron chi connectivity index (χ3n) is 5.00. The minimum Gasteiger partial charge on any atom is -0.472 e. The zero-order valence-corrected chi connectivity index (χ0v) is 15.6. The molecule has 1 aromatic carbocycles. The summed E-state index contributed by atoms with van der Waals surface area (Å²) < 4.78 is 12.7. The Labute approximate surface area is 162 Å². The predicted molar refractivity (Wildman–Crippen MR) is 99.3 cm³/mol. The molecule has 1 aliphatic carbocycles. The van der Waals surface area contributed by atoms with Gasteiger partial charge in [-0.1, -0.05) is 22.4 Å². The van der Waals surface area contributed by atoms with E-state index in [2.05, 4.69) is 49.8 Å². The number of ether oxygens (including phenoxy) is 2. The maximum Gasteiger partial charge on any atom is 0.362 e. The Morgan fingerprint density at radius 2 is 2.00 bits per heavy atom. The van der Waals surface area contributed by atoms with E-state index in [9.17, 15) is 4.79 Å². The van der Waals surface area contributed by atoms with Crippen LogP contribution in [0.3, 0.4) is 0 Å². The number of hydrogen-bond acceptors (Lipinski definition) is 7. The van der Waals surface area contributed by atoms with Gasteiger partial charge in [-0.15, -0.1) is 0 Å². The molecule has 1 aliphatic rings. The van der Waals surface area contributed by atoms with Gasteiger partial charge in [0.15, 0.2) is 0 Å². The highest BCUT2D eigenvalue weighted by Gasteiger charge is 2.27. The van der Waals surface area contributed by atoms with E-state index >= 15 is 0 Å². The second kappa shape index (κ2) is 8.20. The highest BCUT2D eigenvalue weighted by molar-refractivity contribution is 5.89. The van der Waals surface area contributed by atoms with Gasteiger partial charge in [-0.2, -0.15) is 5.10 Å². The fraction of sp³-hybridized carbons (Fsp3) is 0.421. The molecule has 1 saturated carbocycles. The number of aromatic nitrogens is 6. The van der Waals surface area contributed by atoms with Crippen LogP contribution in [0.4, 0.5) is 0 Å². The molecule has 1 N–H and O–H groups in total. The van der Waals surface area contributed by atoms with Gasteiger partial charge in [0.05, 0.1) is 12.3 Å². The number of hydrogen-bond donors (Lipinski definition) is 1. The summed E-state index contributed by atoms with van der Waals surface area (Å²) in [5.74, 6) is 0.217. The van der Waals surface area contributed by atoms with Gasteiger partial charge in [0.25, 0.3) is 5.88 Å². The van der Waals surface area contributed by atoms with Crippen molar-refractivity contribution in [3.8, 4) is 11.6 Å². The molecule has 2 heterocycles. The van der Waals surface area contributed by atoms with Crippen molar-refractivity contribution in [2.75, 3.05) is 6.61 Å². The van der Waals surface area contributed by atoms with Crippen LogP contribution < -0.4 is 4.74 Å². The van der Waals surface area contributed by atoms with Crippen LogP contribution in [-0.2, 0) is 4.74 Å². The van der Waals surface area contributed by atoms with Crippen molar-refractivity contribution < 1.29 is 14.3 Å². The molecule has 0 saturated heterocycles. The van der Waals surface area contributed by atoms with Crippen LogP contribution in [-0.4, -0.2) is 48.9 Å². The number of nitrogens with one attached hydrogen (secondary N) is 1. The van der Waals surface area contributed by atoms with Crippen LogP contribution in [0.2, 0.25) is 0 Å². The van der Waals surface area contributed by atoms with Crippen molar-refractivity contribution >= 4 is 5.97 Å².